The van der Waals surface area contributed by atoms with E-state index in [9.17, 15) is 18.0 Å². The van der Waals surface area contributed by atoms with Gasteiger partial charge in [0.25, 0.3) is 21.8 Å². The Balaban J connectivity index is 1.36. The fourth-order valence-electron chi connectivity index (χ4n) is 3.78. The molecule has 0 aliphatic carbocycles. The summed E-state index contributed by atoms with van der Waals surface area (Å²) in [7, 11) is -4.10. The molecule has 2 amide bonds. The first-order valence-electron chi connectivity index (χ1n) is 12.8. The molecular weight excluding hydrogens is 580 g/mol. The molecule has 12 heteroatoms. The number of carbonyl (C=O) groups is 2. The van der Waals surface area contributed by atoms with Gasteiger partial charge in [-0.3, -0.25) is 13.9 Å². The second kappa shape index (κ2) is 13.8. The van der Waals surface area contributed by atoms with Crippen molar-refractivity contribution in [2.45, 2.75) is 25.3 Å². The summed E-state index contributed by atoms with van der Waals surface area (Å²) in [6, 6.07) is 21.4. The molecule has 2 N–H and O–H groups in total. The van der Waals surface area contributed by atoms with E-state index in [-0.39, 0.29) is 29.6 Å². The number of ether oxygens (including phenoxy) is 1. The van der Waals surface area contributed by atoms with Crippen molar-refractivity contribution in [2.24, 2.45) is 5.10 Å². The summed E-state index contributed by atoms with van der Waals surface area (Å²) in [6.45, 7) is 3.16. The molecule has 1 heterocycles. The summed E-state index contributed by atoms with van der Waals surface area (Å²) in [5.74, 6) is 0.158. The van der Waals surface area contributed by atoms with Crippen LogP contribution in [-0.2, 0) is 26.2 Å². The second-order valence-corrected chi connectivity index (χ2v) is 11.6. The molecule has 42 heavy (non-hydrogen) atoms. The zero-order valence-electron chi connectivity index (χ0n) is 22.9. The minimum atomic E-state index is -4.10. The van der Waals surface area contributed by atoms with Gasteiger partial charge in [0.15, 0.2) is 6.61 Å². The number of halogens is 1. The Morgan fingerprint density at radius 1 is 1.00 bits per heavy atom. The van der Waals surface area contributed by atoms with Gasteiger partial charge in [-0.15, -0.1) is 0 Å². The van der Waals surface area contributed by atoms with E-state index >= 15 is 0 Å². The van der Waals surface area contributed by atoms with Gasteiger partial charge < -0.3 is 14.5 Å². The van der Waals surface area contributed by atoms with Crippen molar-refractivity contribution in [3.8, 4) is 5.75 Å². The van der Waals surface area contributed by atoms with Gasteiger partial charge in [0.05, 0.1) is 29.6 Å². The molecule has 0 radical (unpaired) electrons. The molecule has 218 valence electrons. The van der Waals surface area contributed by atoms with E-state index in [0.717, 1.165) is 9.87 Å². The Labute approximate surface area is 249 Å². The molecule has 0 unspecified atom stereocenters. The molecule has 4 rings (SSSR count). The third-order valence-electron chi connectivity index (χ3n) is 6.03. The number of carbonyl (C=O) groups excluding carboxylic acids is 2. The van der Waals surface area contributed by atoms with Gasteiger partial charge in [-0.2, -0.15) is 5.10 Å². The van der Waals surface area contributed by atoms with E-state index in [0.29, 0.717) is 27.7 Å². The Hall–Kier alpha value is -4.61. The number of hydrazone groups is 1. The molecule has 0 saturated heterocycles. The summed E-state index contributed by atoms with van der Waals surface area (Å²) >= 11 is 6.17. The van der Waals surface area contributed by atoms with Crippen LogP contribution in [0.4, 0.5) is 5.69 Å². The van der Waals surface area contributed by atoms with E-state index in [1.807, 2.05) is 6.92 Å². The standard InChI is InChI=1S/C30H29ClN4O6S/c1-21-5-13-27(14-6-21)42(38,39)35(28-16-24(31)10-7-22(28)2)19-29(36)34-33-17-23-8-11-25(12-9-23)41-20-30(37)32-18-26-4-3-15-40-26/h3-17H,18-20H2,1-2H3,(H,32,37)(H,34,36)/b33-17-. The smallest absolute Gasteiger partial charge is 0.264 e. The number of nitrogens with one attached hydrogen (secondary N) is 2. The highest BCUT2D eigenvalue weighted by Crippen LogP contribution is 2.29. The van der Waals surface area contributed by atoms with Crippen molar-refractivity contribution >= 4 is 45.3 Å². The largest absolute Gasteiger partial charge is 0.484 e. The summed E-state index contributed by atoms with van der Waals surface area (Å²) in [4.78, 5) is 24.8. The van der Waals surface area contributed by atoms with E-state index in [1.54, 1.807) is 67.6 Å². The molecule has 10 nitrogen and oxygen atoms in total. The second-order valence-electron chi connectivity index (χ2n) is 9.26. The zero-order valence-corrected chi connectivity index (χ0v) is 24.5. The molecule has 0 saturated carbocycles. The number of hydrogen-bond acceptors (Lipinski definition) is 7. The topological polar surface area (TPSA) is 130 Å². The number of amides is 2. The summed E-state index contributed by atoms with van der Waals surface area (Å²) in [6.07, 6.45) is 2.93. The van der Waals surface area contributed by atoms with E-state index < -0.39 is 22.5 Å². The lowest BCUT2D eigenvalue weighted by Gasteiger charge is -2.25. The summed E-state index contributed by atoms with van der Waals surface area (Å²) < 4.78 is 38.8. The number of aryl methyl sites for hydroxylation is 2. The number of nitrogens with zero attached hydrogens (tertiary/aromatic N) is 2. The first-order chi connectivity index (χ1) is 20.1. The maximum atomic E-state index is 13.6. The maximum absolute atomic E-state index is 13.6. The number of sulfonamides is 1. The lowest BCUT2D eigenvalue weighted by molar-refractivity contribution is -0.123. The Kier molecular flexibility index (Phi) is 10.00. The highest BCUT2D eigenvalue weighted by Gasteiger charge is 2.28. The van der Waals surface area contributed by atoms with Gasteiger partial charge in [0.1, 0.15) is 18.1 Å². The number of hydrogen-bond donors (Lipinski definition) is 2. The lowest BCUT2D eigenvalue weighted by Crippen LogP contribution is -2.40. The molecule has 0 aliphatic heterocycles. The first kappa shape index (κ1) is 30.4. The van der Waals surface area contributed by atoms with Crippen LogP contribution in [0, 0.1) is 13.8 Å². The molecule has 0 atom stereocenters. The first-order valence-corrected chi connectivity index (χ1v) is 14.6. The Morgan fingerprint density at radius 2 is 1.74 bits per heavy atom. The van der Waals surface area contributed by atoms with Crippen LogP contribution in [0.25, 0.3) is 0 Å². The van der Waals surface area contributed by atoms with Gasteiger partial charge >= 0.3 is 0 Å². The van der Waals surface area contributed by atoms with Crippen LogP contribution in [0.15, 0.2) is 99.5 Å². The monoisotopic (exact) mass is 608 g/mol. The van der Waals surface area contributed by atoms with Crippen LogP contribution in [0.2, 0.25) is 5.02 Å². The van der Waals surface area contributed by atoms with Crippen LogP contribution >= 0.6 is 11.6 Å². The van der Waals surface area contributed by atoms with Crippen molar-refractivity contribution in [3.63, 3.8) is 0 Å². The van der Waals surface area contributed by atoms with Crippen LogP contribution in [-0.4, -0.2) is 39.6 Å². The maximum Gasteiger partial charge on any atom is 0.264 e. The molecule has 4 aromatic rings. The van der Waals surface area contributed by atoms with Crippen molar-refractivity contribution in [1.29, 1.82) is 0 Å². The predicted octanol–water partition coefficient (Wildman–Crippen LogP) is 4.59. The number of anilines is 1. The average Bonchev–Trinajstić information content (AvgIpc) is 3.50. The molecular formula is C30H29ClN4O6S. The highest BCUT2D eigenvalue weighted by molar-refractivity contribution is 7.92. The van der Waals surface area contributed by atoms with Gasteiger partial charge in [0.2, 0.25) is 0 Å². The van der Waals surface area contributed by atoms with Crippen molar-refractivity contribution in [2.75, 3.05) is 17.5 Å². The molecule has 1 aromatic heterocycles. The molecule has 3 aromatic carbocycles. The van der Waals surface area contributed by atoms with Gasteiger partial charge in [-0.25, -0.2) is 13.8 Å². The minimum absolute atomic E-state index is 0.0427. The molecule has 0 bridgehead atoms. The third-order valence-corrected chi connectivity index (χ3v) is 8.04. The number of benzene rings is 3. The van der Waals surface area contributed by atoms with Crippen LogP contribution in [0.3, 0.4) is 0 Å². The van der Waals surface area contributed by atoms with Crippen LogP contribution in [0.1, 0.15) is 22.5 Å². The lowest BCUT2D eigenvalue weighted by atomic mass is 10.2. The average molecular weight is 609 g/mol. The van der Waals surface area contributed by atoms with Gasteiger partial charge in [0, 0.05) is 5.02 Å². The number of furan rings is 1. The summed E-state index contributed by atoms with van der Waals surface area (Å²) in [5, 5.41) is 6.98. The highest BCUT2D eigenvalue weighted by atomic mass is 35.5. The van der Waals surface area contributed by atoms with Gasteiger partial charge in [-0.05, 0) is 85.6 Å². The van der Waals surface area contributed by atoms with Crippen LogP contribution < -0.4 is 19.8 Å². The van der Waals surface area contributed by atoms with E-state index in [1.165, 1.54) is 30.7 Å². The normalized spacial score (nSPS) is 11.3. The molecule has 0 fully saturated rings. The van der Waals surface area contributed by atoms with Crippen molar-refractivity contribution in [3.05, 3.63) is 113 Å². The molecule has 0 spiro atoms. The van der Waals surface area contributed by atoms with Crippen molar-refractivity contribution in [1.82, 2.24) is 10.7 Å². The fourth-order valence-corrected chi connectivity index (χ4v) is 5.43. The predicted molar refractivity (Wildman–Crippen MR) is 160 cm³/mol. The SMILES string of the molecule is Cc1ccc(S(=O)(=O)N(CC(=O)N/N=C\c2ccc(OCC(=O)NCc3ccco3)cc2)c2cc(Cl)ccc2C)cc1. The quantitative estimate of drug-likeness (QED) is 0.179. The van der Waals surface area contributed by atoms with Gasteiger partial charge in [-0.1, -0.05) is 35.4 Å². The van der Waals surface area contributed by atoms with E-state index in [4.69, 9.17) is 20.8 Å². The van der Waals surface area contributed by atoms with E-state index in [2.05, 4.69) is 15.8 Å². The van der Waals surface area contributed by atoms with Crippen molar-refractivity contribution < 1.29 is 27.2 Å². The summed E-state index contributed by atoms with van der Waals surface area (Å²) in [5.41, 5.74) is 4.83. The third kappa shape index (κ3) is 8.21. The van der Waals surface area contributed by atoms with Crippen LogP contribution in [0.5, 0.6) is 5.75 Å². The zero-order chi connectivity index (χ0) is 30.1. The fraction of sp³-hybridized carbons (Fsp3) is 0.167. The minimum Gasteiger partial charge on any atom is -0.484 e. The number of rotatable bonds is 12. The Morgan fingerprint density at radius 3 is 2.43 bits per heavy atom. The Bertz CT molecular complexity index is 1660. The molecule has 0 aliphatic rings.